The van der Waals surface area contributed by atoms with E-state index in [2.05, 4.69) is 22.4 Å². The summed E-state index contributed by atoms with van der Waals surface area (Å²) in [5, 5.41) is 4.17. The predicted octanol–water partition coefficient (Wildman–Crippen LogP) is 0.242. The molecule has 0 aliphatic heterocycles. The normalized spacial score (nSPS) is 19.9. The Balaban J connectivity index is 2.09. The van der Waals surface area contributed by atoms with Crippen LogP contribution in [0.15, 0.2) is 6.33 Å². The average Bonchev–Trinajstić information content (AvgIpc) is 2.74. The summed E-state index contributed by atoms with van der Waals surface area (Å²) in [5.41, 5.74) is 2.75. The van der Waals surface area contributed by atoms with E-state index in [9.17, 15) is 0 Å². The van der Waals surface area contributed by atoms with Crippen molar-refractivity contribution in [2.75, 3.05) is 7.11 Å². The lowest BCUT2D eigenvalue weighted by Crippen LogP contribution is -2.59. The zero-order valence-corrected chi connectivity index (χ0v) is 10.5. The van der Waals surface area contributed by atoms with E-state index >= 15 is 0 Å². The molecule has 17 heavy (non-hydrogen) atoms. The molecule has 6 heteroatoms. The molecule has 0 aromatic carbocycles. The molecule has 96 valence electrons. The molecule has 0 radical (unpaired) electrons. The largest absolute Gasteiger partial charge is 0.377 e. The van der Waals surface area contributed by atoms with Crippen molar-refractivity contribution < 1.29 is 4.74 Å². The molecule has 1 saturated carbocycles. The molecule has 3 N–H and O–H groups in total. The first-order valence-corrected chi connectivity index (χ1v) is 6.13. The number of hydrazine groups is 1. The van der Waals surface area contributed by atoms with Gasteiger partial charge in [-0.3, -0.25) is 16.0 Å². The highest BCUT2D eigenvalue weighted by atomic mass is 16.5. The van der Waals surface area contributed by atoms with Gasteiger partial charge in [0.05, 0.1) is 11.6 Å². The molecule has 0 bridgehead atoms. The Morgan fingerprint density at radius 2 is 2.41 bits per heavy atom. The van der Waals surface area contributed by atoms with Crippen LogP contribution in [0.4, 0.5) is 0 Å². The van der Waals surface area contributed by atoms with Gasteiger partial charge in [-0.15, -0.1) is 0 Å². The first kappa shape index (κ1) is 12.5. The number of methoxy groups -OCH3 is 1. The van der Waals surface area contributed by atoms with Crippen molar-refractivity contribution in [3.63, 3.8) is 0 Å². The molecular weight excluding hydrogens is 218 g/mol. The molecule has 1 aromatic rings. The van der Waals surface area contributed by atoms with Crippen LogP contribution < -0.4 is 11.3 Å². The van der Waals surface area contributed by atoms with Crippen LogP contribution in [0.3, 0.4) is 0 Å². The van der Waals surface area contributed by atoms with E-state index in [0.717, 1.165) is 31.6 Å². The maximum absolute atomic E-state index is 5.66. The van der Waals surface area contributed by atoms with Gasteiger partial charge in [-0.05, 0) is 26.2 Å². The summed E-state index contributed by atoms with van der Waals surface area (Å²) in [6.45, 7) is 2.88. The standard InChI is InChI=1S/C11H21N5O/c1-3-16-10(13-8-14-16)7-9(15-12)11(17-2)5-4-6-11/h8-9,15H,3-7,12H2,1-2H3. The number of hydrogen-bond acceptors (Lipinski definition) is 5. The Bertz CT molecular complexity index is 355. The van der Waals surface area contributed by atoms with Gasteiger partial charge in [-0.1, -0.05) is 0 Å². The Kier molecular flexibility index (Phi) is 3.76. The van der Waals surface area contributed by atoms with Gasteiger partial charge in [0, 0.05) is 20.1 Å². The number of hydrogen-bond donors (Lipinski definition) is 2. The van der Waals surface area contributed by atoms with Crippen LogP contribution in [-0.2, 0) is 17.7 Å². The molecule has 1 aliphatic rings. The topological polar surface area (TPSA) is 78.0 Å². The minimum Gasteiger partial charge on any atom is -0.377 e. The number of aromatic nitrogens is 3. The van der Waals surface area contributed by atoms with Crippen molar-refractivity contribution in [1.82, 2.24) is 20.2 Å². The fraction of sp³-hybridized carbons (Fsp3) is 0.818. The summed E-state index contributed by atoms with van der Waals surface area (Å²) in [4.78, 5) is 4.28. The third-order valence-corrected chi connectivity index (χ3v) is 3.82. The minimum atomic E-state index is -0.126. The highest BCUT2D eigenvalue weighted by molar-refractivity contribution is 5.03. The number of nitrogens with one attached hydrogen (secondary N) is 1. The van der Waals surface area contributed by atoms with Gasteiger partial charge < -0.3 is 4.74 Å². The molecule has 1 heterocycles. The summed E-state index contributed by atoms with van der Waals surface area (Å²) in [6, 6.07) is 0.0933. The smallest absolute Gasteiger partial charge is 0.138 e. The van der Waals surface area contributed by atoms with Crippen LogP contribution in [0.25, 0.3) is 0 Å². The van der Waals surface area contributed by atoms with Crippen molar-refractivity contribution in [2.45, 2.75) is 50.8 Å². The maximum Gasteiger partial charge on any atom is 0.138 e. The highest BCUT2D eigenvalue weighted by Crippen LogP contribution is 2.38. The first-order chi connectivity index (χ1) is 8.25. The van der Waals surface area contributed by atoms with Crippen LogP contribution >= 0.6 is 0 Å². The second-order valence-electron chi connectivity index (χ2n) is 4.54. The lowest BCUT2D eigenvalue weighted by atomic mass is 9.73. The van der Waals surface area contributed by atoms with E-state index in [1.807, 2.05) is 4.68 Å². The number of aryl methyl sites for hydroxylation is 1. The molecule has 0 saturated heterocycles. The van der Waals surface area contributed by atoms with Crippen LogP contribution in [0, 0.1) is 0 Å². The fourth-order valence-electron chi connectivity index (χ4n) is 2.51. The quantitative estimate of drug-likeness (QED) is 0.549. The predicted molar refractivity (Wildman–Crippen MR) is 64.1 cm³/mol. The molecule has 2 rings (SSSR count). The molecular formula is C11H21N5O. The van der Waals surface area contributed by atoms with Crippen LogP contribution in [0.1, 0.15) is 32.0 Å². The SMILES string of the molecule is CCn1ncnc1CC(NN)C1(OC)CCC1. The zero-order valence-electron chi connectivity index (χ0n) is 10.5. The summed E-state index contributed by atoms with van der Waals surface area (Å²) in [5.74, 6) is 6.62. The van der Waals surface area contributed by atoms with Crippen LogP contribution in [-0.4, -0.2) is 33.5 Å². The molecule has 1 atom stereocenters. The Morgan fingerprint density at radius 3 is 2.88 bits per heavy atom. The zero-order chi connectivity index (χ0) is 12.3. The summed E-state index contributed by atoms with van der Waals surface area (Å²) in [6.07, 6.45) is 5.65. The van der Waals surface area contributed by atoms with Gasteiger partial charge in [0.2, 0.25) is 0 Å². The first-order valence-electron chi connectivity index (χ1n) is 6.13. The molecule has 1 fully saturated rings. The van der Waals surface area contributed by atoms with Gasteiger partial charge in [0.15, 0.2) is 0 Å². The number of nitrogens with two attached hydrogens (primary N) is 1. The maximum atomic E-state index is 5.66. The van der Waals surface area contributed by atoms with E-state index in [1.54, 1.807) is 13.4 Å². The number of nitrogens with zero attached hydrogens (tertiary/aromatic N) is 3. The fourth-order valence-corrected chi connectivity index (χ4v) is 2.51. The molecule has 1 unspecified atom stereocenters. The van der Waals surface area contributed by atoms with E-state index in [0.29, 0.717) is 0 Å². The van der Waals surface area contributed by atoms with Crippen LogP contribution in [0.5, 0.6) is 0 Å². The van der Waals surface area contributed by atoms with E-state index in [4.69, 9.17) is 10.6 Å². The van der Waals surface area contributed by atoms with Gasteiger partial charge in [-0.25, -0.2) is 4.98 Å². The number of ether oxygens (including phenoxy) is 1. The molecule has 1 aromatic heterocycles. The third kappa shape index (κ3) is 2.20. The molecule has 1 aliphatic carbocycles. The second kappa shape index (κ2) is 5.12. The Hall–Kier alpha value is -0.980. The molecule has 6 nitrogen and oxygen atoms in total. The van der Waals surface area contributed by atoms with Gasteiger partial charge in [0.1, 0.15) is 12.2 Å². The van der Waals surface area contributed by atoms with Gasteiger partial charge in [-0.2, -0.15) is 5.10 Å². The summed E-state index contributed by atoms with van der Waals surface area (Å²) in [7, 11) is 1.76. The minimum absolute atomic E-state index is 0.0933. The second-order valence-corrected chi connectivity index (χ2v) is 4.54. The van der Waals surface area contributed by atoms with E-state index in [1.165, 1.54) is 6.42 Å². The van der Waals surface area contributed by atoms with Crippen molar-refractivity contribution >= 4 is 0 Å². The number of rotatable bonds is 6. The highest BCUT2D eigenvalue weighted by Gasteiger charge is 2.44. The van der Waals surface area contributed by atoms with Crippen molar-refractivity contribution in [3.05, 3.63) is 12.2 Å². The monoisotopic (exact) mass is 239 g/mol. The van der Waals surface area contributed by atoms with Crippen molar-refractivity contribution in [3.8, 4) is 0 Å². The molecule has 0 amide bonds. The van der Waals surface area contributed by atoms with E-state index < -0.39 is 0 Å². The lowest BCUT2D eigenvalue weighted by molar-refractivity contribution is -0.0987. The Morgan fingerprint density at radius 1 is 1.65 bits per heavy atom. The van der Waals surface area contributed by atoms with Crippen molar-refractivity contribution in [2.24, 2.45) is 5.84 Å². The van der Waals surface area contributed by atoms with Gasteiger partial charge in [0.25, 0.3) is 0 Å². The lowest BCUT2D eigenvalue weighted by Gasteiger charge is -2.46. The van der Waals surface area contributed by atoms with Crippen molar-refractivity contribution in [1.29, 1.82) is 0 Å². The summed E-state index contributed by atoms with van der Waals surface area (Å²) >= 11 is 0. The van der Waals surface area contributed by atoms with E-state index in [-0.39, 0.29) is 11.6 Å². The van der Waals surface area contributed by atoms with Gasteiger partial charge >= 0.3 is 0 Å². The molecule has 0 spiro atoms. The average molecular weight is 239 g/mol. The third-order valence-electron chi connectivity index (χ3n) is 3.82. The van der Waals surface area contributed by atoms with Crippen LogP contribution in [0.2, 0.25) is 0 Å². The summed E-state index contributed by atoms with van der Waals surface area (Å²) < 4.78 is 7.54. The Labute approximate surface area is 102 Å².